The van der Waals surface area contributed by atoms with Crippen molar-refractivity contribution in [3.8, 4) is 6.07 Å². The molecule has 1 N–H and O–H groups in total. The summed E-state index contributed by atoms with van der Waals surface area (Å²) in [6, 6.07) is 5.73. The van der Waals surface area contributed by atoms with E-state index in [1.807, 2.05) is 6.07 Å². The van der Waals surface area contributed by atoms with Gasteiger partial charge in [0, 0.05) is 19.6 Å². The molecule has 10 heteroatoms. The van der Waals surface area contributed by atoms with Crippen LogP contribution in [0.15, 0.2) is 23.1 Å². The van der Waals surface area contributed by atoms with Gasteiger partial charge in [0.1, 0.15) is 4.90 Å². The largest absolute Gasteiger partial charge is 0.242 e. The average Bonchev–Trinajstić information content (AvgIpc) is 2.77. The third kappa shape index (κ3) is 3.77. The number of sulfonamides is 2. The first-order valence-electron chi connectivity index (χ1n) is 6.43. The van der Waals surface area contributed by atoms with E-state index in [1.54, 1.807) is 0 Å². The zero-order chi connectivity index (χ0) is 16.4. The molecule has 1 aromatic rings. The van der Waals surface area contributed by atoms with E-state index >= 15 is 0 Å². The van der Waals surface area contributed by atoms with Gasteiger partial charge in [-0.05, 0) is 24.6 Å². The maximum Gasteiger partial charge on any atom is 0.242 e. The fourth-order valence-corrected chi connectivity index (χ4v) is 5.21. The molecule has 22 heavy (non-hydrogen) atoms. The number of nitrogens with one attached hydrogen (secondary N) is 1. The Labute approximate surface area is 134 Å². The molecular formula is C12H14ClN3O4S2. The zero-order valence-electron chi connectivity index (χ0n) is 11.5. The highest BCUT2D eigenvalue weighted by molar-refractivity contribution is 7.89. The maximum atomic E-state index is 12.1. The van der Waals surface area contributed by atoms with Crippen LogP contribution in [0.2, 0.25) is 5.02 Å². The van der Waals surface area contributed by atoms with Crippen molar-refractivity contribution in [1.82, 2.24) is 9.03 Å². The summed E-state index contributed by atoms with van der Waals surface area (Å²) in [6.45, 7) is 0.440. The summed E-state index contributed by atoms with van der Waals surface area (Å²) in [6.07, 6.45) is 0.552. The van der Waals surface area contributed by atoms with Gasteiger partial charge in [-0.25, -0.2) is 25.9 Å². The molecule has 120 valence electrons. The molecule has 0 aliphatic carbocycles. The molecule has 2 rings (SSSR count). The van der Waals surface area contributed by atoms with Crippen LogP contribution in [0.4, 0.5) is 0 Å². The molecule has 0 spiro atoms. The molecule has 1 aliphatic rings. The van der Waals surface area contributed by atoms with Crippen molar-refractivity contribution in [3.63, 3.8) is 0 Å². The fraction of sp³-hybridized carbons (Fsp3) is 0.417. The SMILES string of the molecule is N#Cc1ccc(S(=O)(=O)NCCN2CCCS2(=O)=O)c(Cl)c1. The van der Waals surface area contributed by atoms with Gasteiger partial charge in [-0.1, -0.05) is 11.6 Å². The van der Waals surface area contributed by atoms with Gasteiger partial charge in [0.05, 0.1) is 22.4 Å². The number of benzene rings is 1. The summed E-state index contributed by atoms with van der Waals surface area (Å²) in [5, 5.41) is 8.68. The van der Waals surface area contributed by atoms with Gasteiger partial charge >= 0.3 is 0 Å². The standard InChI is InChI=1S/C12H14ClN3O4S2/c13-11-8-10(9-14)2-3-12(11)22(19,20)15-4-6-16-5-1-7-21(16,17)18/h2-3,8,15H,1,4-7H2. The second-order valence-corrected chi connectivity index (χ2v) is 8.95. The molecule has 7 nitrogen and oxygen atoms in total. The Balaban J connectivity index is 2.04. The molecule has 0 atom stereocenters. The molecule has 1 saturated heterocycles. The minimum Gasteiger partial charge on any atom is -0.212 e. The van der Waals surface area contributed by atoms with E-state index in [1.165, 1.54) is 22.5 Å². The molecule has 0 amide bonds. The van der Waals surface area contributed by atoms with Crippen LogP contribution >= 0.6 is 11.6 Å². The second kappa shape index (κ2) is 6.52. The van der Waals surface area contributed by atoms with Gasteiger partial charge in [0.25, 0.3) is 0 Å². The molecule has 0 aromatic heterocycles. The van der Waals surface area contributed by atoms with Crippen LogP contribution in [0.5, 0.6) is 0 Å². The van der Waals surface area contributed by atoms with Crippen molar-refractivity contribution in [1.29, 1.82) is 5.26 Å². The Morgan fingerprint density at radius 2 is 2.14 bits per heavy atom. The van der Waals surface area contributed by atoms with Crippen LogP contribution in [-0.2, 0) is 20.0 Å². The molecule has 0 radical (unpaired) electrons. The van der Waals surface area contributed by atoms with Gasteiger partial charge in [0.15, 0.2) is 0 Å². The summed E-state index contributed by atoms with van der Waals surface area (Å²) < 4.78 is 51.1. The van der Waals surface area contributed by atoms with E-state index in [-0.39, 0.29) is 34.3 Å². The van der Waals surface area contributed by atoms with E-state index in [0.29, 0.717) is 13.0 Å². The summed E-state index contributed by atoms with van der Waals surface area (Å²) >= 11 is 5.87. The first kappa shape index (κ1) is 17.2. The van der Waals surface area contributed by atoms with E-state index in [2.05, 4.69) is 4.72 Å². The lowest BCUT2D eigenvalue weighted by Gasteiger charge is -2.15. The number of rotatable bonds is 5. The van der Waals surface area contributed by atoms with E-state index < -0.39 is 20.0 Å². The molecule has 0 unspecified atom stereocenters. The van der Waals surface area contributed by atoms with Gasteiger partial charge < -0.3 is 0 Å². The molecule has 0 saturated carbocycles. The predicted molar refractivity (Wildman–Crippen MR) is 81.3 cm³/mol. The van der Waals surface area contributed by atoms with Crippen molar-refractivity contribution < 1.29 is 16.8 Å². The highest BCUT2D eigenvalue weighted by Gasteiger charge is 2.28. The first-order valence-corrected chi connectivity index (χ1v) is 9.90. The number of nitrogens with zero attached hydrogens (tertiary/aromatic N) is 2. The predicted octanol–water partition coefficient (Wildman–Crippen LogP) is 0.525. The number of halogens is 1. The summed E-state index contributed by atoms with van der Waals surface area (Å²) in [7, 11) is -7.11. The van der Waals surface area contributed by atoms with Crippen LogP contribution in [0.1, 0.15) is 12.0 Å². The van der Waals surface area contributed by atoms with Crippen LogP contribution in [0, 0.1) is 11.3 Å². The third-order valence-electron chi connectivity index (χ3n) is 3.21. The van der Waals surface area contributed by atoms with Gasteiger partial charge in [-0.3, -0.25) is 0 Å². The average molecular weight is 364 g/mol. The molecule has 1 fully saturated rings. The van der Waals surface area contributed by atoms with Gasteiger partial charge in [-0.15, -0.1) is 0 Å². The van der Waals surface area contributed by atoms with Crippen LogP contribution in [-0.4, -0.2) is 46.5 Å². The van der Waals surface area contributed by atoms with E-state index in [4.69, 9.17) is 16.9 Å². The number of nitriles is 1. The summed E-state index contributed by atoms with van der Waals surface area (Å²) in [5.41, 5.74) is 0.257. The normalized spacial score (nSPS) is 18.2. The highest BCUT2D eigenvalue weighted by atomic mass is 35.5. The third-order valence-corrected chi connectivity index (χ3v) is 7.11. The Kier molecular flexibility index (Phi) is 5.09. The number of hydrogen-bond donors (Lipinski definition) is 1. The summed E-state index contributed by atoms with van der Waals surface area (Å²) in [5.74, 6) is 0.0984. The van der Waals surface area contributed by atoms with Crippen LogP contribution < -0.4 is 4.72 Å². The minimum atomic E-state index is -3.86. The van der Waals surface area contributed by atoms with E-state index in [0.717, 1.165) is 0 Å². The first-order chi connectivity index (χ1) is 10.3. The lowest BCUT2D eigenvalue weighted by atomic mass is 10.2. The number of hydrogen-bond acceptors (Lipinski definition) is 5. The summed E-state index contributed by atoms with van der Waals surface area (Å²) in [4.78, 5) is -0.141. The molecule has 0 bridgehead atoms. The Bertz CT molecular complexity index is 815. The van der Waals surface area contributed by atoms with Crippen molar-refractivity contribution in [2.24, 2.45) is 0 Å². The van der Waals surface area contributed by atoms with Crippen molar-refractivity contribution in [3.05, 3.63) is 28.8 Å². The maximum absolute atomic E-state index is 12.1. The molecule has 1 aliphatic heterocycles. The molecule has 1 heterocycles. The monoisotopic (exact) mass is 363 g/mol. The van der Waals surface area contributed by atoms with Gasteiger partial charge in [0.2, 0.25) is 20.0 Å². The van der Waals surface area contributed by atoms with E-state index in [9.17, 15) is 16.8 Å². The fourth-order valence-electron chi connectivity index (χ4n) is 2.11. The van der Waals surface area contributed by atoms with Crippen LogP contribution in [0.25, 0.3) is 0 Å². The molecular weight excluding hydrogens is 350 g/mol. The van der Waals surface area contributed by atoms with Gasteiger partial charge in [-0.2, -0.15) is 5.26 Å². The Morgan fingerprint density at radius 1 is 1.41 bits per heavy atom. The molecule has 1 aromatic carbocycles. The Hall–Kier alpha value is -1.18. The van der Waals surface area contributed by atoms with Crippen molar-refractivity contribution in [2.45, 2.75) is 11.3 Å². The minimum absolute atomic E-state index is 0.0438. The van der Waals surface area contributed by atoms with Crippen LogP contribution in [0.3, 0.4) is 0 Å². The lowest BCUT2D eigenvalue weighted by Crippen LogP contribution is -2.35. The topological polar surface area (TPSA) is 107 Å². The smallest absolute Gasteiger partial charge is 0.212 e. The quantitative estimate of drug-likeness (QED) is 0.820. The van der Waals surface area contributed by atoms with Crippen molar-refractivity contribution in [2.75, 3.05) is 25.4 Å². The zero-order valence-corrected chi connectivity index (χ0v) is 13.9. The highest BCUT2D eigenvalue weighted by Crippen LogP contribution is 2.22. The second-order valence-electron chi connectivity index (χ2n) is 4.72. The lowest BCUT2D eigenvalue weighted by molar-refractivity contribution is 0.444. The Morgan fingerprint density at radius 3 is 2.68 bits per heavy atom. The van der Waals surface area contributed by atoms with Crippen molar-refractivity contribution >= 4 is 31.6 Å².